The molecule has 1 aromatic heterocycles. The van der Waals surface area contributed by atoms with Gasteiger partial charge in [0.05, 0.1) is 5.52 Å². The van der Waals surface area contributed by atoms with Crippen molar-refractivity contribution in [3.05, 3.63) is 77.5 Å². The van der Waals surface area contributed by atoms with Crippen molar-refractivity contribution >= 4 is 16.8 Å². The predicted molar refractivity (Wildman–Crippen MR) is 107 cm³/mol. The van der Waals surface area contributed by atoms with E-state index in [1.165, 1.54) is 0 Å². The number of fused-ring (bicyclic) bond motifs is 1. The number of benzene rings is 2. The highest BCUT2D eigenvalue weighted by atomic mass is 16.3. The summed E-state index contributed by atoms with van der Waals surface area (Å²) in [6.45, 7) is 3.72. The number of carbonyl (C=O) groups is 1. The molecule has 0 saturated carbocycles. The highest BCUT2D eigenvalue weighted by molar-refractivity contribution is 5.94. The molecule has 4 nitrogen and oxygen atoms in total. The second-order valence-electron chi connectivity index (χ2n) is 7.09. The molecular formula is C23H22N2O2. The van der Waals surface area contributed by atoms with Gasteiger partial charge in [0.25, 0.3) is 5.91 Å². The molecule has 136 valence electrons. The number of hydrogen-bond acceptors (Lipinski definition) is 3. The van der Waals surface area contributed by atoms with Crippen LogP contribution in [0.2, 0.25) is 0 Å². The summed E-state index contributed by atoms with van der Waals surface area (Å²) in [6.07, 6.45) is 1.80. The van der Waals surface area contributed by atoms with Gasteiger partial charge in [-0.15, -0.1) is 0 Å². The molecule has 3 rings (SSSR count). The molecule has 0 radical (unpaired) electrons. The van der Waals surface area contributed by atoms with E-state index in [0.717, 1.165) is 16.5 Å². The maximum Gasteiger partial charge on any atom is 0.253 e. The predicted octanol–water partition coefficient (Wildman–Crippen LogP) is 3.63. The third kappa shape index (κ3) is 4.93. The van der Waals surface area contributed by atoms with Crippen molar-refractivity contribution in [2.24, 2.45) is 0 Å². The summed E-state index contributed by atoms with van der Waals surface area (Å²) >= 11 is 0. The lowest BCUT2D eigenvalue weighted by atomic mass is 10.1. The quantitative estimate of drug-likeness (QED) is 0.728. The Bertz CT molecular complexity index is 1040. The Labute approximate surface area is 159 Å². The number of aromatic nitrogens is 1. The van der Waals surface area contributed by atoms with E-state index < -0.39 is 5.60 Å². The lowest BCUT2D eigenvalue weighted by Crippen LogP contribution is -2.26. The molecule has 0 aliphatic heterocycles. The van der Waals surface area contributed by atoms with Crippen molar-refractivity contribution in [2.75, 3.05) is 7.05 Å². The zero-order chi connectivity index (χ0) is 19.4. The molecule has 1 heterocycles. The van der Waals surface area contributed by atoms with E-state index in [9.17, 15) is 9.90 Å². The van der Waals surface area contributed by atoms with E-state index in [0.29, 0.717) is 17.7 Å². The van der Waals surface area contributed by atoms with E-state index in [1.807, 2.05) is 30.3 Å². The molecule has 27 heavy (non-hydrogen) atoms. The van der Waals surface area contributed by atoms with Gasteiger partial charge in [-0.2, -0.15) is 0 Å². The van der Waals surface area contributed by atoms with Crippen LogP contribution in [-0.2, 0) is 6.54 Å². The smallest absolute Gasteiger partial charge is 0.253 e. The average Bonchev–Trinajstić information content (AvgIpc) is 2.65. The Morgan fingerprint density at radius 1 is 1.15 bits per heavy atom. The number of aliphatic hydroxyl groups is 1. The molecule has 0 aliphatic carbocycles. The van der Waals surface area contributed by atoms with Crippen molar-refractivity contribution < 1.29 is 9.90 Å². The van der Waals surface area contributed by atoms with E-state index in [4.69, 9.17) is 0 Å². The fourth-order valence-electron chi connectivity index (χ4n) is 2.72. The van der Waals surface area contributed by atoms with Crippen molar-refractivity contribution in [3.8, 4) is 11.8 Å². The standard InChI is InChI=1S/C23H22N2O2/c1-23(2,27)12-11-17-7-6-9-20(13-17)22(26)25(3)16-18-14-19-8-4-5-10-21(19)24-15-18/h4-10,13-15,27H,16H2,1-3H3. The van der Waals surface area contributed by atoms with Gasteiger partial charge in [0.1, 0.15) is 5.60 Å². The van der Waals surface area contributed by atoms with Crippen LogP contribution in [0.1, 0.15) is 35.3 Å². The summed E-state index contributed by atoms with van der Waals surface area (Å²) < 4.78 is 0. The van der Waals surface area contributed by atoms with Crippen LogP contribution in [0, 0.1) is 11.8 Å². The first-order valence-corrected chi connectivity index (χ1v) is 8.76. The van der Waals surface area contributed by atoms with E-state index in [-0.39, 0.29) is 5.91 Å². The molecule has 0 bridgehead atoms. The fourth-order valence-corrected chi connectivity index (χ4v) is 2.72. The highest BCUT2D eigenvalue weighted by Crippen LogP contribution is 2.15. The van der Waals surface area contributed by atoms with Gasteiger partial charge in [-0.25, -0.2) is 0 Å². The lowest BCUT2D eigenvalue weighted by molar-refractivity contribution is 0.0785. The van der Waals surface area contributed by atoms with Crippen molar-refractivity contribution in [1.29, 1.82) is 0 Å². The van der Waals surface area contributed by atoms with Crippen molar-refractivity contribution in [3.63, 3.8) is 0 Å². The van der Waals surface area contributed by atoms with Crippen LogP contribution in [0.4, 0.5) is 0 Å². The minimum absolute atomic E-state index is 0.0879. The van der Waals surface area contributed by atoms with Gasteiger partial charge in [0, 0.05) is 36.3 Å². The maximum atomic E-state index is 12.8. The number of para-hydroxylation sites is 1. The second-order valence-corrected chi connectivity index (χ2v) is 7.09. The number of rotatable bonds is 3. The van der Waals surface area contributed by atoms with Gasteiger partial charge in [-0.1, -0.05) is 36.1 Å². The Morgan fingerprint density at radius 2 is 1.93 bits per heavy atom. The molecule has 1 N–H and O–H groups in total. The molecule has 0 unspecified atom stereocenters. The minimum atomic E-state index is -1.07. The summed E-state index contributed by atoms with van der Waals surface area (Å²) in [6, 6.07) is 17.1. The topological polar surface area (TPSA) is 53.4 Å². The SMILES string of the molecule is CN(Cc1cnc2ccccc2c1)C(=O)c1cccc(C#CC(C)(C)O)c1. The van der Waals surface area contributed by atoms with Crippen LogP contribution >= 0.6 is 0 Å². The fraction of sp³-hybridized carbons (Fsp3) is 0.217. The molecule has 2 aromatic carbocycles. The van der Waals surface area contributed by atoms with Gasteiger partial charge in [0.2, 0.25) is 0 Å². The Morgan fingerprint density at radius 3 is 2.70 bits per heavy atom. The number of hydrogen-bond donors (Lipinski definition) is 1. The molecule has 0 atom stereocenters. The first-order valence-electron chi connectivity index (χ1n) is 8.76. The first kappa shape index (κ1) is 18.6. The van der Waals surface area contributed by atoms with Crippen LogP contribution in [-0.4, -0.2) is 33.5 Å². The van der Waals surface area contributed by atoms with E-state index in [2.05, 4.69) is 22.9 Å². The van der Waals surface area contributed by atoms with Crippen LogP contribution in [0.3, 0.4) is 0 Å². The van der Waals surface area contributed by atoms with Gasteiger partial charge >= 0.3 is 0 Å². The summed E-state index contributed by atoms with van der Waals surface area (Å²) in [5.74, 6) is 5.58. The molecule has 4 heteroatoms. The molecular weight excluding hydrogens is 336 g/mol. The Hall–Kier alpha value is -3.16. The third-order valence-electron chi connectivity index (χ3n) is 4.04. The number of carbonyl (C=O) groups excluding carboxylic acids is 1. The molecule has 0 aliphatic rings. The van der Waals surface area contributed by atoms with Gasteiger partial charge in [0.15, 0.2) is 0 Å². The molecule has 3 aromatic rings. The maximum absolute atomic E-state index is 12.8. The zero-order valence-electron chi connectivity index (χ0n) is 15.7. The lowest BCUT2D eigenvalue weighted by Gasteiger charge is -2.17. The van der Waals surface area contributed by atoms with Gasteiger partial charge in [-0.3, -0.25) is 9.78 Å². The number of amides is 1. The van der Waals surface area contributed by atoms with E-state index in [1.54, 1.807) is 50.2 Å². The Kier molecular flexibility index (Phi) is 5.25. The Balaban J connectivity index is 1.77. The highest BCUT2D eigenvalue weighted by Gasteiger charge is 2.13. The molecule has 0 saturated heterocycles. The summed E-state index contributed by atoms with van der Waals surface area (Å²) in [4.78, 5) is 18.9. The second kappa shape index (κ2) is 7.61. The number of nitrogens with zero attached hydrogens (tertiary/aromatic N) is 2. The normalized spacial score (nSPS) is 11.0. The molecule has 0 spiro atoms. The zero-order valence-corrected chi connectivity index (χ0v) is 15.7. The minimum Gasteiger partial charge on any atom is -0.378 e. The van der Waals surface area contributed by atoms with Crippen LogP contribution in [0.25, 0.3) is 10.9 Å². The monoisotopic (exact) mass is 358 g/mol. The number of pyridine rings is 1. The first-order chi connectivity index (χ1) is 12.8. The van der Waals surface area contributed by atoms with Crippen molar-refractivity contribution in [1.82, 2.24) is 9.88 Å². The largest absolute Gasteiger partial charge is 0.378 e. The molecule has 0 fully saturated rings. The van der Waals surface area contributed by atoms with Crippen LogP contribution < -0.4 is 0 Å². The van der Waals surface area contributed by atoms with E-state index >= 15 is 0 Å². The summed E-state index contributed by atoms with van der Waals surface area (Å²) in [5, 5.41) is 10.8. The average molecular weight is 358 g/mol. The van der Waals surface area contributed by atoms with Gasteiger partial charge in [-0.05, 0) is 49.7 Å². The van der Waals surface area contributed by atoms with Crippen LogP contribution in [0.5, 0.6) is 0 Å². The van der Waals surface area contributed by atoms with Crippen molar-refractivity contribution in [2.45, 2.75) is 26.0 Å². The third-order valence-corrected chi connectivity index (χ3v) is 4.04. The van der Waals surface area contributed by atoms with Crippen LogP contribution in [0.15, 0.2) is 60.8 Å². The van der Waals surface area contributed by atoms with Gasteiger partial charge < -0.3 is 10.0 Å². The summed E-state index contributed by atoms with van der Waals surface area (Å²) in [7, 11) is 1.77. The molecule has 1 amide bonds. The summed E-state index contributed by atoms with van der Waals surface area (Å²) in [5.41, 5.74) is 2.10.